The number of aromatic nitrogens is 3. The first kappa shape index (κ1) is 29.6. The highest BCUT2D eigenvalue weighted by atomic mass is 16.5. The molecular weight excluding hydrogens is 564 g/mol. The Labute approximate surface area is 256 Å². The van der Waals surface area contributed by atoms with Crippen LogP contribution in [0.3, 0.4) is 0 Å². The summed E-state index contributed by atoms with van der Waals surface area (Å²) in [6.45, 7) is 6.04. The molecule has 6 rings (SSSR count). The van der Waals surface area contributed by atoms with Crippen molar-refractivity contribution in [2.45, 2.75) is 25.0 Å². The van der Waals surface area contributed by atoms with Gasteiger partial charge in [0.2, 0.25) is 11.9 Å². The van der Waals surface area contributed by atoms with Gasteiger partial charge in [-0.25, -0.2) is 9.97 Å². The number of carbonyl (C=O) groups is 1. The van der Waals surface area contributed by atoms with Gasteiger partial charge in [0.1, 0.15) is 36.6 Å². The molecule has 0 spiro atoms. The quantitative estimate of drug-likeness (QED) is 0.370. The van der Waals surface area contributed by atoms with Crippen molar-refractivity contribution in [3.8, 4) is 29.0 Å². The third-order valence-corrected chi connectivity index (χ3v) is 8.38. The van der Waals surface area contributed by atoms with Gasteiger partial charge in [0, 0.05) is 69.4 Å². The lowest BCUT2D eigenvalue weighted by Gasteiger charge is -2.43. The van der Waals surface area contributed by atoms with Crippen LogP contribution >= 0.6 is 0 Å². The Hall–Kier alpha value is -4.51. The normalized spacial score (nSPS) is 17.9. The lowest BCUT2D eigenvalue weighted by Crippen LogP contribution is -2.56. The number of benzene rings is 2. The highest BCUT2D eigenvalue weighted by Gasteiger charge is 2.30. The molecule has 0 unspecified atom stereocenters. The highest BCUT2D eigenvalue weighted by molar-refractivity contribution is 5.77. The van der Waals surface area contributed by atoms with Crippen molar-refractivity contribution in [3.05, 3.63) is 48.3 Å². The fourth-order valence-corrected chi connectivity index (χ4v) is 5.77. The molecule has 3 saturated heterocycles. The molecule has 0 saturated carbocycles. The summed E-state index contributed by atoms with van der Waals surface area (Å²) in [6, 6.07) is 14.0. The average Bonchev–Trinajstić information content (AvgIpc) is 3.04. The molecule has 3 aliphatic heterocycles. The number of ether oxygens (including phenoxy) is 3. The molecule has 3 aromatic rings. The number of hydrogen-bond donors (Lipinski definition) is 2. The van der Waals surface area contributed by atoms with Crippen molar-refractivity contribution in [2.24, 2.45) is 0 Å². The molecule has 230 valence electrons. The standard InChI is InChI=1S/C31H36N8O5/c1-42-28-15-23(3-4-26(28)38-12-10-37(11-13-38)24-18-43-19-24)35-31-34-20-33-30(36-31)21-2-5-27(22(14-21)16-32)44-25-6-8-39(9-7-25)29(41)17-40/h2-5,14-15,20,24-25,40H,6-13,17-19H2,1H3,(H,33,34,35,36). The van der Waals surface area contributed by atoms with Gasteiger partial charge in [-0.3, -0.25) is 9.69 Å². The van der Waals surface area contributed by atoms with Gasteiger partial charge in [0.25, 0.3) is 0 Å². The summed E-state index contributed by atoms with van der Waals surface area (Å²) >= 11 is 0. The number of carbonyl (C=O) groups excluding carboxylic acids is 1. The fraction of sp³-hybridized carbons (Fsp3) is 0.452. The summed E-state index contributed by atoms with van der Waals surface area (Å²) in [4.78, 5) is 31.4. The van der Waals surface area contributed by atoms with E-state index in [9.17, 15) is 10.1 Å². The summed E-state index contributed by atoms with van der Waals surface area (Å²) in [5, 5.41) is 22.2. The van der Waals surface area contributed by atoms with Crippen LogP contribution in [0.5, 0.6) is 11.5 Å². The van der Waals surface area contributed by atoms with Gasteiger partial charge in [-0.1, -0.05) is 0 Å². The van der Waals surface area contributed by atoms with E-state index in [2.05, 4.69) is 42.2 Å². The monoisotopic (exact) mass is 600 g/mol. The Balaban J connectivity index is 1.10. The minimum atomic E-state index is -0.491. The molecule has 0 radical (unpaired) electrons. The molecular formula is C31H36N8O5. The van der Waals surface area contributed by atoms with Crippen LogP contribution in [0, 0.1) is 11.3 Å². The summed E-state index contributed by atoms with van der Waals surface area (Å²) in [6.07, 6.45) is 2.55. The van der Waals surface area contributed by atoms with E-state index in [1.165, 1.54) is 6.33 Å². The van der Waals surface area contributed by atoms with E-state index >= 15 is 0 Å². The SMILES string of the molecule is COc1cc(Nc2ncnc(-c3ccc(OC4CCN(C(=O)CO)CC4)c(C#N)c3)n2)ccc1N1CCN(C2COC2)CC1. The van der Waals surface area contributed by atoms with E-state index in [0.717, 1.165) is 56.5 Å². The first-order valence-corrected chi connectivity index (χ1v) is 14.8. The Morgan fingerprint density at radius 3 is 2.55 bits per heavy atom. The van der Waals surface area contributed by atoms with E-state index in [1.54, 1.807) is 24.1 Å². The highest BCUT2D eigenvalue weighted by Crippen LogP contribution is 2.33. The lowest BCUT2D eigenvalue weighted by atomic mass is 10.1. The maximum atomic E-state index is 11.7. The molecule has 1 amide bonds. The van der Waals surface area contributed by atoms with E-state index in [0.29, 0.717) is 60.6 Å². The zero-order valence-corrected chi connectivity index (χ0v) is 24.7. The Morgan fingerprint density at radius 2 is 1.86 bits per heavy atom. The van der Waals surface area contributed by atoms with Crippen molar-refractivity contribution in [3.63, 3.8) is 0 Å². The first-order valence-electron chi connectivity index (χ1n) is 14.8. The molecule has 3 aliphatic rings. The van der Waals surface area contributed by atoms with Crippen LogP contribution in [0.1, 0.15) is 18.4 Å². The topological polar surface area (TPSA) is 149 Å². The van der Waals surface area contributed by atoms with Gasteiger partial charge in [0.15, 0.2) is 5.82 Å². The number of hydrogen-bond acceptors (Lipinski definition) is 12. The Morgan fingerprint density at radius 1 is 1.07 bits per heavy atom. The van der Waals surface area contributed by atoms with Crippen molar-refractivity contribution < 1.29 is 24.1 Å². The summed E-state index contributed by atoms with van der Waals surface area (Å²) in [5.41, 5.74) is 2.85. The molecule has 4 heterocycles. The summed E-state index contributed by atoms with van der Waals surface area (Å²) in [5.74, 6) is 1.74. The second-order valence-corrected chi connectivity index (χ2v) is 11.0. The van der Waals surface area contributed by atoms with Gasteiger partial charge in [-0.2, -0.15) is 10.2 Å². The molecule has 1 aromatic heterocycles. The predicted octanol–water partition coefficient (Wildman–Crippen LogP) is 2.05. The number of nitrogens with one attached hydrogen (secondary N) is 1. The number of aliphatic hydroxyl groups excluding tert-OH is 1. The van der Waals surface area contributed by atoms with Gasteiger partial charge >= 0.3 is 0 Å². The summed E-state index contributed by atoms with van der Waals surface area (Å²) < 4.78 is 17.2. The largest absolute Gasteiger partial charge is 0.495 e. The van der Waals surface area contributed by atoms with Crippen molar-refractivity contribution >= 4 is 23.2 Å². The number of nitrogens with zero attached hydrogens (tertiary/aromatic N) is 7. The van der Waals surface area contributed by atoms with Gasteiger partial charge in [-0.05, 0) is 30.3 Å². The predicted molar refractivity (Wildman–Crippen MR) is 162 cm³/mol. The lowest BCUT2D eigenvalue weighted by molar-refractivity contribution is -0.135. The zero-order valence-electron chi connectivity index (χ0n) is 24.7. The van der Waals surface area contributed by atoms with Crippen LogP contribution in [-0.2, 0) is 9.53 Å². The number of aliphatic hydroxyl groups is 1. The number of nitriles is 1. The molecule has 13 nitrogen and oxygen atoms in total. The van der Waals surface area contributed by atoms with Crippen LogP contribution in [0.2, 0.25) is 0 Å². The molecule has 3 fully saturated rings. The van der Waals surface area contributed by atoms with Crippen LogP contribution in [-0.4, -0.2) is 114 Å². The molecule has 2 N–H and O–H groups in total. The number of methoxy groups -OCH3 is 1. The van der Waals surface area contributed by atoms with Gasteiger partial charge in [0.05, 0.1) is 37.6 Å². The Bertz CT molecular complexity index is 1510. The second-order valence-electron chi connectivity index (χ2n) is 11.0. The molecule has 0 aliphatic carbocycles. The molecule has 0 atom stereocenters. The van der Waals surface area contributed by atoms with E-state index < -0.39 is 6.61 Å². The van der Waals surface area contributed by atoms with Crippen LogP contribution in [0.25, 0.3) is 11.4 Å². The Kier molecular flexibility index (Phi) is 9.02. The number of piperazine rings is 1. The van der Waals surface area contributed by atoms with Crippen LogP contribution in [0.4, 0.5) is 17.3 Å². The second kappa shape index (κ2) is 13.4. The number of amides is 1. The fourth-order valence-electron chi connectivity index (χ4n) is 5.77. The van der Waals surface area contributed by atoms with Gasteiger partial charge < -0.3 is 34.4 Å². The van der Waals surface area contributed by atoms with E-state index in [4.69, 9.17) is 19.3 Å². The number of likely N-dealkylation sites (tertiary alicyclic amines) is 1. The third-order valence-electron chi connectivity index (χ3n) is 8.38. The minimum Gasteiger partial charge on any atom is -0.495 e. The molecule has 44 heavy (non-hydrogen) atoms. The molecule has 13 heteroatoms. The number of rotatable bonds is 9. The van der Waals surface area contributed by atoms with Crippen LogP contribution < -0.4 is 19.7 Å². The average molecular weight is 601 g/mol. The zero-order chi connectivity index (χ0) is 30.5. The van der Waals surface area contributed by atoms with E-state index in [1.807, 2.05) is 18.2 Å². The van der Waals surface area contributed by atoms with Crippen LogP contribution in [0.15, 0.2) is 42.7 Å². The molecule has 2 aromatic carbocycles. The maximum Gasteiger partial charge on any atom is 0.248 e. The van der Waals surface area contributed by atoms with E-state index in [-0.39, 0.29) is 12.0 Å². The third kappa shape index (κ3) is 6.52. The van der Waals surface area contributed by atoms with Crippen molar-refractivity contribution in [1.82, 2.24) is 24.8 Å². The van der Waals surface area contributed by atoms with Crippen molar-refractivity contribution in [1.29, 1.82) is 5.26 Å². The minimum absolute atomic E-state index is 0.126. The smallest absolute Gasteiger partial charge is 0.248 e. The number of anilines is 3. The first-order chi connectivity index (χ1) is 21.5. The number of piperidine rings is 1. The molecule has 0 bridgehead atoms. The summed E-state index contributed by atoms with van der Waals surface area (Å²) in [7, 11) is 1.67. The van der Waals surface area contributed by atoms with Crippen molar-refractivity contribution in [2.75, 3.05) is 76.4 Å². The van der Waals surface area contributed by atoms with Gasteiger partial charge in [-0.15, -0.1) is 0 Å². The maximum absolute atomic E-state index is 11.7.